The Morgan fingerprint density at radius 1 is 1.24 bits per heavy atom. The Morgan fingerprint density at radius 3 is 2.57 bits per heavy atom. The quantitative estimate of drug-likeness (QED) is 0.455. The highest BCUT2D eigenvalue weighted by Crippen LogP contribution is 2.35. The number of rotatable bonds is 4. The molecule has 0 spiro atoms. The topological polar surface area (TPSA) is 121 Å². The molecular weight excluding hydrogens is 371 g/mol. The predicted molar refractivity (Wildman–Crippen MR) is 74.6 cm³/mol. The van der Waals surface area contributed by atoms with Crippen LogP contribution in [0.1, 0.15) is 0 Å². The van der Waals surface area contributed by atoms with Crippen LogP contribution in [0.3, 0.4) is 0 Å². The van der Waals surface area contributed by atoms with Gasteiger partial charge < -0.3 is 4.74 Å². The minimum absolute atomic E-state index is 0.0120. The molecule has 9 nitrogen and oxygen atoms in total. The Labute approximate surface area is 130 Å². The minimum Gasteiger partial charge on any atom is -0.432 e. The van der Waals surface area contributed by atoms with Crippen LogP contribution in [0.2, 0.25) is 5.28 Å². The molecule has 0 unspecified atom stereocenters. The third-order valence-corrected chi connectivity index (χ3v) is 3.07. The largest absolute Gasteiger partial charge is 0.432 e. The van der Waals surface area contributed by atoms with Crippen molar-refractivity contribution in [2.45, 2.75) is 0 Å². The van der Waals surface area contributed by atoms with E-state index in [4.69, 9.17) is 16.3 Å². The highest BCUT2D eigenvalue weighted by molar-refractivity contribution is 9.10. The van der Waals surface area contributed by atoms with E-state index in [-0.39, 0.29) is 16.7 Å². The molecular formula is C10H4BrClN4O5. The summed E-state index contributed by atoms with van der Waals surface area (Å²) < 4.78 is 5.60. The van der Waals surface area contributed by atoms with Gasteiger partial charge in [0, 0.05) is 6.07 Å². The van der Waals surface area contributed by atoms with Gasteiger partial charge in [-0.1, -0.05) is 0 Å². The van der Waals surface area contributed by atoms with E-state index in [1.807, 2.05) is 0 Å². The molecule has 0 saturated heterocycles. The van der Waals surface area contributed by atoms with E-state index in [0.717, 1.165) is 12.3 Å². The molecule has 0 saturated carbocycles. The lowest BCUT2D eigenvalue weighted by Crippen LogP contribution is -1.98. The Morgan fingerprint density at radius 2 is 1.95 bits per heavy atom. The summed E-state index contributed by atoms with van der Waals surface area (Å²) in [5.41, 5.74) is -0.756. The number of non-ortho nitro benzene ring substituents is 1. The number of aromatic nitrogens is 2. The molecule has 0 N–H and O–H groups in total. The van der Waals surface area contributed by atoms with E-state index in [2.05, 4.69) is 25.9 Å². The molecule has 108 valence electrons. The molecule has 11 heteroatoms. The van der Waals surface area contributed by atoms with Crippen molar-refractivity contribution in [3.8, 4) is 11.6 Å². The molecule has 0 aliphatic rings. The molecule has 2 aromatic rings. The van der Waals surface area contributed by atoms with Gasteiger partial charge in [0.2, 0.25) is 5.28 Å². The van der Waals surface area contributed by atoms with Crippen molar-refractivity contribution in [3.63, 3.8) is 0 Å². The van der Waals surface area contributed by atoms with E-state index in [1.165, 1.54) is 12.1 Å². The SMILES string of the molecule is O=[N+]([O-])c1ccc(Br)c(Oc2nc(Cl)ncc2[N+](=O)[O-])c1. The summed E-state index contributed by atoms with van der Waals surface area (Å²) in [5, 5.41) is 21.3. The van der Waals surface area contributed by atoms with Crippen LogP contribution in [0, 0.1) is 20.2 Å². The van der Waals surface area contributed by atoms with E-state index in [0.29, 0.717) is 4.47 Å². The molecule has 21 heavy (non-hydrogen) atoms. The van der Waals surface area contributed by atoms with Crippen LogP contribution < -0.4 is 4.74 Å². The molecule has 2 rings (SSSR count). The van der Waals surface area contributed by atoms with Crippen molar-refractivity contribution in [3.05, 3.63) is 54.4 Å². The number of nitrogens with zero attached hydrogens (tertiary/aromatic N) is 4. The van der Waals surface area contributed by atoms with Gasteiger partial charge in [0.1, 0.15) is 6.20 Å². The van der Waals surface area contributed by atoms with Gasteiger partial charge in [-0.25, -0.2) is 4.98 Å². The number of ether oxygens (including phenoxy) is 1. The second-order valence-electron chi connectivity index (χ2n) is 3.56. The molecule has 1 aromatic carbocycles. The van der Waals surface area contributed by atoms with Gasteiger partial charge in [-0.3, -0.25) is 20.2 Å². The van der Waals surface area contributed by atoms with Crippen molar-refractivity contribution in [2.24, 2.45) is 0 Å². The molecule has 0 radical (unpaired) electrons. The van der Waals surface area contributed by atoms with Crippen molar-refractivity contribution < 1.29 is 14.6 Å². The minimum atomic E-state index is -0.753. The van der Waals surface area contributed by atoms with E-state index < -0.39 is 21.4 Å². The summed E-state index contributed by atoms with van der Waals surface area (Å²) in [6, 6.07) is 3.73. The predicted octanol–water partition coefficient (Wildman–Crippen LogP) is 3.50. The molecule has 0 aliphatic heterocycles. The highest BCUT2D eigenvalue weighted by Gasteiger charge is 2.21. The maximum atomic E-state index is 10.9. The lowest BCUT2D eigenvalue weighted by atomic mass is 10.3. The second kappa shape index (κ2) is 5.97. The van der Waals surface area contributed by atoms with Crippen LogP contribution in [-0.2, 0) is 0 Å². The van der Waals surface area contributed by atoms with Crippen molar-refractivity contribution in [2.75, 3.05) is 0 Å². The number of benzene rings is 1. The number of nitro benzene ring substituents is 1. The molecule has 0 amide bonds. The first kappa shape index (κ1) is 15.1. The van der Waals surface area contributed by atoms with E-state index >= 15 is 0 Å². The standard InChI is InChI=1S/C10H4BrClN4O5/c11-6-2-1-5(15(17)18)3-8(6)21-9-7(16(19)20)4-13-10(12)14-9/h1-4H. The van der Waals surface area contributed by atoms with Gasteiger partial charge in [0.25, 0.3) is 5.69 Å². The normalized spacial score (nSPS) is 10.2. The molecule has 1 aromatic heterocycles. The summed E-state index contributed by atoms with van der Waals surface area (Å²) in [5.74, 6) is -0.428. The van der Waals surface area contributed by atoms with Gasteiger partial charge in [0.15, 0.2) is 5.75 Å². The average Bonchev–Trinajstić information content (AvgIpc) is 2.40. The van der Waals surface area contributed by atoms with Gasteiger partial charge in [-0.05, 0) is 33.6 Å². The van der Waals surface area contributed by atoms with Crippen molar-refractivity contribution in [1.29, 1.82) is 0 Å². The summed E-state index contributed by atoms with van der Waals surface area (Å²) in [6.07, 6.45) is 0.885. The zero-order valence-corrected chi connectivity index (χ0v) is 12.2. The zero-order chi connectivity index (χ0) is 15.6. The molecule has 0 atom stereocenters. The van der Waals surface area contributed by atoms with Crippen LogP contribution in [0.5, 0.6) is 11.6 Å². The Hall–Kier alpha value is -2.33. The second-order valence-corrected chi connectivity index (χ2v) is 4.75. The van der Waals surface area contributed by atoms with Gasteiger partial charge >= 0.3 is 11.6 Å². The van der Waals surface area contributed by atoms with E-state index in [1.54, 1.807) is 0 Å². The van der Waals surface area contributed by atoms with Gasteiger partial charge in [0.05, 0.1) is 20.4 Å². The first-order chi connectivity index (χ1) is 9.88. The van der Waals surface area contributed by atoms with Crippen LogP contribution in [0.4, 0.5) is 11.4 Å². The fourth-order valence-corrected chi connectivity index (χ4v) is 1.78. The summed E-state index contributed by atoms with van der Waals surface area (Å²) in [6.45, 7) is 0. The van der Waals surface area contributed by atoms with Crippen LogP contribution in [0.25, 0.3) is 0 Å². The summed E-state index contributed by atoms with van der Waals surface area (Å²) >= 11 is 8.69. The third kappa shape index (κ3) is 3.41. The maximum Gasteiger partial charge on any atom is 0.349 e. The number of halogens is 2. The van der Waals surface area contributed by atoms with E-state index in [9.17, 15) is 20.2 Å². The molecule has 0 fully saturated rings. The Balaban J connectivity index is 2.47. The first-order valence-electron chi connectivity index (χ1n) is 5.17. The molecule has 0 bridgehead atoms. The van der Waals surface area contributed by atoms with Crippen LogP contribution in [0.15, 0.2) is 28.9 Å². The summed E-state index contributed by atoms with van der Waals surface area (Å²) in [7, 11) is 0. The Bertz CT molecular complexity index is 741. The average molecular weight is 376 g/mol. The fourth-order valence-electron chi connectivity index (χ4n) is 1.33. The van der Waals surface area contributed by atoms with Crippen LogP contribution >= 0.6 is 27.5 Å². The van der Waals surface area contributed by atoms with Crippen molar-refractivity contribution >= 4 is 38.9 Å². The van der Waals surface area contributed by atoms with Gasteiger partial charge in [-0.2, -0.15) is 4.98 Å². The smallest absolute Gasteiger partial charge is 0.349 e. The van der Waals surface area contributed by atoms with Crippen LogP contribution in [-0.4, -0.2) is 19.8 Å². The van der Waals surface area contributed by atoms with Crippen molar-refractivity contribution in [1.82, 2.24) is 9.97 Å². The number of hydrogen-bond acceptors (Lipinski definition) is 7. The third-order valence-electron chi connectivity index (χ3n) is 2.24. The Kier molecular flexibility index (Phi) is 4.29. The fraction of sp³-hybridized carbons (Fsp3) is 0. The highest BCUT2D eigenvalue weighted by atomic mass is 79.9. The molecule has 0 aliphatic carbocycles. The lowest BCUT2D eigenvalue weighted by Gasteiger charge is -2.06. The monoisotopic (exact) mass is 374 g/mol. The maximum absolute atomic E-state index is 10.9. The van der Waals surface area contributed by atoms with Gasteiger partial charge in [-0.15, -0.1) is 0 Å². The first-order valence-corrected chi connectivity index (χ1v) is 6.34. The summed E-state index contributed by atoms with van der Waals surface area (Å²) in [4.78, 5) is 27.3. The lowest BCUT2D eigenvalue weighted by molar-refractivity contribution is -0.386. The number of nitro groups is 2. The molecule has 1 heterocycles. The zero-order valence-electron chi connectivity index (χ0n) is 9.90. The number of hydrogen-bond donors (Lipinski definition) is 0.